The molecule has 0 spiro atoms. The minimum Gasteiger partial charge on any atom is -0.481 e. The normalized spacial score (nSPS) is 11.6. The fourth-order valence-corrected chi connectivity index (χ4v) is 3.12. The fourth-order valence-electron chi connectivity index (χ4n) is 3.12. The summed E-state index contributed by atoms with van der Waals surface area (Å²) >= 11 is 0. The van der Waals surface area contributed by atoms with Crippen LogP contribution in [0.25, 0.3) is 11.1 Å². The highest BCUT2D eigenvalue weighted by molar-refractivity contribution is 5.97. The van der Waals surface area contributed by atoms with Crippen molar-refractivity contribution in [3.8, 4) is 16.9 Å². The van der Waals surface area contributed by atoms with E-state index in [0.717, 1.165) is 11.1 Å². The van der Waals surface area contributed by atoms with Crippen molar-refractivity contribution in [1.82, 2.24) is 5.32 Å². The van der Waals surface area contributed by atoms with E-state index in [-0.39, 0.29) is 17.9 Å². The van der Waals surface area contributed by atoms with Crippen molar-refractivity contribution in [3.05, 3.63) is 84.4 Å². The van der Waals surface area contributed by atoms with E-state index in [2.05, 4.69) is 22.8 Å². The van der Waals surface area contributed by atoms with Gasteiger partial charge >= 0.3 is 0 Å². The van der Waals surface area contributed by atoms with E-state index in [1.807, 2.05) is 63.2 Å². The Bertz CT molecular complexity index is 997. The van der Waals surface area contributed by atoms with Crippen molar-refractivity contribution in [2.45, 2.75) is 39.3 Å². The number of nitrogens with one attached hydrogen (secondary N) is 2. The standard InChI is InChI=1S/C26H28N2O3/c1-4-24(31-23-16-12-20(13-17-23)19-8-6-5-7-9-19)26(30)28-22-14-10-21(11-15-22)25(29)27-18(2)3/h5-18,24H,4H2,1-3H3,(H,27,29)(H,28,30). The van der Waals surface area contributed by atoms with Gasteiger partial charge in [-0.25, -0.2) is 0 Å². The average Bonchev–Trinajstić information content (AvgIpc) is 2.78. The molecule has 0 bridgehead atoms. The Kier molecular flexibility index (Phi) is 7.44. The van der Waals surface area contributed by atoms with E-state index >= 15 is 0 Å². The Labute approximate surface area is 183 Å². The summed E-state index contributed by atoms with van der Waals surface area (Å²) in [6, 6.07) is 24.7. The Balaban J connectivity index is 1.60. The molecule has 5 nitrogen and oxygen atoms in total. The largest absolute Gasteiger partial charge is 0.481 e. The maximum absolute atomic E-state index is 12.7. The molecule has 1 unspecified atom stereocenters. The third kappa shape index (κ3) is 6.19. The summed E-state index contributed by atoms with van der Waals surface area (Å²) in [5.74, 6) is 0.276. The number of hydrogen-bond acceptors (Lipinski definition) is 3. The van der Waals surface area contributed by atoms with Gasteiger partial charge in [0.05, 0.1) is 0 Å². The lowest BCUT2D eigenvalue weighted by Gasteiger charge is -2.18. The molecule has 0 radical (unpaired) electrons. The molecule has 0 aliphatic carbocycles. The van der Waals surface area contributed by atoms with Crippen molar-refractivity contribution in [1.29, 1.82) is 0 Å². The average molecular weight is 417 g/mol. The maximum atomic E-state index is 12.7. The Morgan fingerprint density at radius 2 is 1.45 bits per heavy atom. The van der Waals surface area contributed by atoms with E-state index in [9.17, 15) is 9.59 Å². The summed E-state index contributed by atoms with van der Waals surface area (Å²) in [4.78, 5) is 24.7. The van der Waals surface area contributed by atoms with Gasteiger partial charge in [0.2, 0.25) is 0 Å². The van der Waals surface area contributed by atoms with Crippen LogP contribution in [-0.2, 0) is 4.79 Å². The highest BCUT2D eigenvalue weighted by atomic mass is 16.5. The van der Waals surface area contributed by atoms with Crippen molar-refractivity contribution in [3.63, 3.8) is 0 Å². The monoisotopic (exact) mass is 416 g/mol. The number of hydrogen-bond donors (Lipinski definition) is 2. The van der Waals surface area contributed by atoms with E-state index < -0.39 is 6.10 Å². The van der Waals surface area contributed by atoms with Crippen LogP contribution >= 0.6 is 0 Å². The minimum atomic E-state index is -0.619. The first kappa shape index (κ1) is 22.1. The lowest BCUT2D eigenvalue weighted by molar-refractivity contribution is -0.122. The van der Waals surface area contributed by atoms with Crippen LogP contribution in [0.3, 0.4) is 0 Å². The van der Waals surface area contributed by atoms with Crippen LogP contribution in [0.1, 0.15) is 37.6 Å². The van der Waals surface area contributed by atoms with Gasteiger partial charge in [-0.3, -0.25) is 9.59 Å². The predicted octanol–water partition coefficient (Wildman–Crippen LogP) is 5.29. The molecule has 0 saturated carbocycles. The molecular weight excluding hydrogens is 388 g/mol. The summed E-state index contributed by atoms with van der Waals surface area (Å²) < 4.78 is 5.92. The molecule has 3 aromatic carbocycles. The van der Waals surface area contributed by atoms with Crippen LogP contribution in [0.2, 0.25) is 0 Å². The number of rotatable bonds is 8. The van der Waals surface area contributed by atoms with Gasteiger partial charge in [0.25, 0.3) is 11.8 Å². The zero-order chi connectivity index (χ0) is 22.2. The van der Waals surface area contributed by atoms with Crippen molar-refractivity contribution in [2.75, 3.05) is 5.32 Å². The summed E-state index contributed by atoms with van der Waals surface area (Å²) in [7, 11) is 0. The van der Waals surface area contributed by atoms with Gasteiger partial charge in [-0.1, -0.05) is 49.4 Å². The summed E-state index contributed by atoms with van der Waals surface area (Å²) in [6.07, 6.45) is -0.0901. The molecule has 5 heteroatoms. The molecule has 3 rings (SSSR count). The first-order chi connectivity index (χ1) is 15.0. The Hall–Kier alpha value is -3.60. The quantitative estimate of drug-likeness (QED) is 0.524. The van der Waals surface area contributed by atoms with E-state index in [1.54, 1.807) is 24.3 Å². The van der Waals surface area contributed by atoms with Gasteiger partial charge in [-0.2, -0.15) is 0 Å². The van der Waals surface area contributed by atoms with Gasteiger partial charge in [-0.05, 0) is 67.8 Å². The van der Waals surface area contributed by atoms with Crippen LogP contribution in [-0.4, -0.2) is 24.0 Å². The van der Waals surface area contributed by atoms with E-state index in [0.29, 0.717) is 23.4 Å². The van der Waals surface area contributed by atoms with Crippen LogP contribution in [0.5, 0.6) is 5.75 Å². The molecule has 0 aliphatic rings. The van der Waals surface area contributed by atoms with Crippen molar-refractivity contribution >= 4 is 17.5 Å². The second-order valence-corrected chi connectivity index (χ2v) is 7.60. The van der Waals surface area contributed by atoms with Crippen LogP contribution < -0.4 is 15.4 Å². The number of carbonyl (C=O) groups is 2. The molecule has 2 amide bonds. The second-order valence-electron chi connectivity index (χ2n) is 7.60. The number of benzene rings is 3. The van der Waals surface area contributed by atoms with Gasteiger partial charge < -0.3 is 15.4 Å². The molecule has 0 saturated heterocycles. The van der Waals surface area contributed by atoms with Gasteiger partial charge in [0, 0.05) is 17.3 Å². The lowest BCUT2D eigenvalue weighted by atomic mass is 10.1. The molecule has 1 atom stereocenters. The summed E-state index contributed by atoms with van der Waals surface area (Å²) in [5.41, 5.74) is 3.39. The number of amides is 2. The van der Waals surface area contributed by atoms with Crippen LogP contribution in [0, 0.1) is 0 Å². The number of anilines is 1. The smallest absolute Gasteiger partial charge is 0.265 e. The molecule has 2 N–H and O–H groups in total. The first-order valence-corrected chi connectivity index (χ1v) is 10.5. The summed E-state index contributed by atoms with van der Waals surface area (Å²) in [6.45, 7) is 5.72. The Morgan fingerprint density at radius 3 is 2.03 bits per heavy atom. The van der Waals surface area contributed by atoms with Crippen LogP contribution in [0.15, 0.2) is 78.9 Å². The second kappa shape index (κ2) is 10.4. The minimum absolute atomic E-state index is 0.0658. The van der Waals surface area contributed by atoms with Crippen LogP contribution in [0.4, 0.5) is 5.69 Å². The third-order valence-electron chi connectivity index (χ3n) is 4.74. The first-order valence-electron chi connectivity index (χ1n) is 10.5. The number of ether oxygens (including phenoxy) is 1. The lowest BCUT2D eigenvalue weighted by Crippen LogP contribution is -2.32. The molecule has 0 heterocycles. The van der Waals surface area contributed by atoms with Crippen molar-refractivity contribution < 1.29 is 14.3 Å². The zero-order valence-corrected chi connectivity index (χ0v) is 18.1. The topological polar surface area (TPSA) is 67.4 Å². The van der Waals surface area contributed by atoms with Gasteiger partial charge in [0.1, 0.15) is 5.75 Å². The molecule has 0 fully saturated rings. The van der Waals surface area contributed by atoms with E-state index in [1.165, 1.54) is 0 Å². The molecule has 31 heavy (non-hydrogen) atoms. The maximum Gasteiger partial charge on any atom is 0.265 e. The molecule has 160 valence electrons. The SMILES string of the molecule is CCC(Oc1ccc(-c2ccccc2)cc1)C(=O)Nc1ccc(C(=O)NC(C)C)cc1. The fraction of sp³-hybridized carbons (Fsp3) is 0.231. The highest BCUT2D eigenvalue weighted by Crippen LogP contribution is 2.23. The molecule has 0 aliphatic heterocycles. The predicted molar refractivity (Wildman–Crippen MR) is 124 cm³/mol. The highest BCUT2D eigenvalue weighted by Gasteiger charge is 2.19. The molecule has 0 aromatic heterocycles. The third-order valence-corrected chi connectivity index (χ3v) is 4.74. The zero-order valence-electron chi connectivity index (χ0n) is 18.1. The summed E-state index contributed by atoms with van der Waals surface area (Å²) in [5, 5.41) is 5.70. The Morgan fingerprint density at radius 1 is 0.839 bits per heavy atom. The molecular formula is C26H28N2O3. The number of carbonyl (C=O) groups excluding carboxylic acids is 2. The van der Waals surface area contributed by atoms with Gasteiger partial charge in [0.15, 0.2) is 6.10 Å². The van der Waals surface area contributed by atoms with Crippen molar-refractivity contribution in [2.24, 2.45) is 0 Å². The molecule has 3 aromatic rings. The van der Waals surface area contributed by atoms with Gasteiger partial charge in [-0.15, -0.1) is 0 Å². The van der Waals surface area contributed by atoms with E-state index in [4.69, 9.17) is 4.74 Å².